The fourth-order valence-corrected chi connectivity index (χ4v) is 2.22. The van der Waals surface area contributed by atoms with Gasteiger partial charge < -0.3 is 5.32 Å². The third kappa shape index (κ3) is 3.39. The number of nitrogens with one attached hydrogen (secondary N) is 1. The number of benzene rings is 2. The molecule has 0 bridgehead atoms. The minimum atomic E-state index is -0.429. The number of amides is 1. The van der Waals surface area contributed by atoms with Crippen LogP contribution in [0, 0.1) is 5.82 Å². The number of thiol groups is 1. The molecule has 0 spiro atoms. The van der Waals surface area contributed by atoms with Crippen LogP contribution in [-0.4, -0.2) is 5.91 Å². The largest absolute Gasteiger partial charge is 0.348 e. The number of hydrogen-bond donors (Lipinski definition) is 2. The van der Waals surface area contributed by atoms with Gasteiger partial charge in [-0.2, -0.15) is 0 Å². The third-order valence-electron chi connectivity index (χ3n) is 3.15. The van der Waals surface area contributed by atoms with Gasteiger partial charge in [-0.25, -0.2) is 4.39 Å². The van der Waals surface area contributed by atoms with Crippen LogP contribution in [0.3, 0.4) is 0 Å². The molecule has 2 aromatic rings. The maximum atomic E-state index is 13.1. The minimum absolute atomic E-state index is 0.173. The first-order valence-electron chi connectivity index (χ1n) is 6.45. The van der Waals surface area contributed by atoms with E-state index >= 15 is 0 Å². The van der Waals surface area contributed by atoms with Crippen molar-refractivity contribution in [3.8, 4) is 0 Å². The molecule has 2 rings (SSSR count). The van der Waals surface area contributed by atoms with E-state index in [0.717, 1.165) is 12.0 Å². The molecule has 0 aliphatic rings. The van der Waals surface area contributed by atoms with Gasteiger partial charge >= 0.3 is 0 Å². The van der Waals surface area contributed by atoms with Crippen LogP contribution in [0.2, 0.25) is 0 Å². The zero-order valence-corrected chi connectivity index (χ0v) is 12.1. The molecule has 0 saturated carbocycles. The van der Waals surface area contributed by atoms with E-state index in [1.165, 1.54) is 23.8 Å². The summed E-state index contributed by atoms with van der Waals surface area (Å²) >= 11 is 3.98. The van der Waals surface area contributed by atoms with Crippen LogP contribution in [-0.2, 0) is 13.0 Å². The molecular formula is C16H16FNOS. The van der Waals surface area contributed by atoms with Gasteiger partial charge in [-0.3, -0.25) is 4.79 Å². The lowest BCUT2D eigenvalue weighted by Gasteiger charge is -2.09. The Morgan fingerprint density at radius 3 is 2.55 bits per heavy atom. The lowest BCUT2D eigenvalue weighted by atomic mass is 10.1. The molecule has 0 heterocycles. The molecule has 0 aromatic heterocycles. The van der Waals surface area contributed by atoms with Gasteiger partial charge in [0.05, 0.1) is 0 Å². The molecule has 2 aromatic carbocycles. The molecule has 0 fully saturated rings. The van der Waals surface area contributed by atoms with E-state index in [0.29, 0.717) is 12.1 Å². The molecule has 20 heavy (non-hydrogen) atoms. The number of carbonyl (C=O) groups is 1. The summed E-state index contributed by atoms with van der Waals surface area (Å²) in [5.74, 6) is -0.660. The summed E-state index contributed by atoms with van der Waals surface area (Å²) in [7, 11) is 0. The Labute approximate surface area is 123 Å². The molecule has 0 saturated heterocycles. The fourth-order valence-electron chi connectivity index (χ4n) is 2.01. The number of rotatable bonds is 4. The lowest BCUT2D eigenvalue weighted by molar-refractivity contribution is 0.0950. The van der Waals surface area contributed by atoms with Gasteiger partial charge in [-0.1, -0.05) is 31.2 Å². The van der Waals surface area contributed by atoms with Gasteiger partial charge in [-0.15, -0.1) is 12.6 Å². The highest BCUT2D eigenvalue weighted by Crippen LogP contribution is 2.14. The Kier molecular flexibility index (Phi) is 4.79. The van der Waals surface area contributed by atoms with Gasteiger partial charge in [0, 0.05) is 17.0 Å². The lowest BCUT2D eigenvalue weighted by Crippen LogP contribution is -2.23. The van der Waals surface area contributed by atoms with Crippen LogP contribution in [0.15, 0.2) is 47.4 Å². The summed E-state index contributed by atoms with van der Waals surface area (Å²) in [4.78, 5) is 12.2. The molecule has 0 aliphatic heterocycles. The Hall–Kier alpha value is -1.81. The van der Waals surface area contributed by atoms with E-state index in [4.69, 9.17) is 0 Å². The zero-order valence-electron chi connectivity index (χ0n) is 11.2. The van der Waals surface area contributed by atoms with E-state index < -0.39 is 5.82 Å². The molecule has 104 valence electrons. The summed E-state index contributed by atoms with van der Waals surface area (Å²) in [5, 5.41) is 2.84. The summed E-state index contributed by atoms with van der Waals surface area (Å²) in [6, 6.07) is 12.1. The van der Waals surface area contributed by atoms with Crippen molar-refractivity contribution in [2.24, 2.45) is 0 Å². The number of halogens is 1. The predicted octanol–water partition coefficient (Wildman–Crippen LogP) is 3.61. The van der Waals surface area contributed by atoms with E-state index in [9.17, 15) is 9.18 Å². The molecule has 0 aliphatic carbocycles. The molecule has 0 radical (unpaired) electrons. The quantitative estimate of drug-likeness (QED) is 0.827. The highest BCUT2D eigenvalue weighted by atomic mass is 32.1. The summed E-state index contributed by atoms with van der Waals surface area (Å²) in [6.07, 6.45) is 0.920. The Morgan fingerprint density at radius 2 is 1.90 bits per heavy atom. The van der Waals surface area contributed by atoms with Crippen LogP contribution < -0.4 is 5.32 Å². The SMILES string of the molecule is CCc1ccccc1CNC(=O)c1ccc(F)c(S)c1. The van der Waals surface area contributed by atoms with Crippen molar-refractivity contribution < 1.29 is 9.18 Å². The van der Waals surface area contributed by atoms with Gasteiger partial charge in [0.2, 0.25) is 0 Å². The van der Waals surface area contributed by atoms with Gasteiger partial charge in [-0.05, 0) is 35.7 Å². The molecule has 0 unspecified atom stereocenters. The zero-order chi connectivity index (χ0) is 14.5. The number of hydrogen-bond acceptors (Lipinski definition) is 2. The average molecular weight is 289 g/mol. The fraction of sp³-hybridized carbons (Fsp3) is 0.188. The van der Waals surface area contributed by atoms with Crippen molar-refractivity contribution in [3.63, 3.8) is 0 Å². The second kappa shape index (κ2) is 6.57. The van der Waals surface area contributed by atoms with E-state index in [1.807, 2.05) is 24.3 Å². The van der Waals surface area contributed by atoms with E-state index in [-0.39, 0.29) is 10.8 Å². The van der Waals surface area contributed by atoms with Gasteiger partial charge in [0.1, 0.15) is 5.82 Å². The maximum absolute atomic E-state index is 13.1. The van der Waals surface area contributed by atoms with Crippen LogP contribution >= 0.6 is 12.6 Å². The van der Waals surface area contributed by atoms with Crippen molar-refractivity contribution >= 4 is 18.5 Å². The second-order valence-corrected chi connectivity index (χ2v) is 4.95. The van der Waals surface area contributed by atoms with Crippen LogP contribution in [0.1, 0.15) is 28.4 Å². The van der Waals surface area contributed by atoms with E-state index in [1.54, 1.807) is 0 Å². The molecule has 0 atom stereocenters. The van der Waals surface area contributed by atoms with Crippen molar-refractivity contribution in [2.75, 3.05) is 0 Å². The van der Waals surface area contributed by atoms with Crippen LogP contribution in [0.25, 0.3) is 0 Å². The maximum Gasteiger partial charge on any atom is 0.251 e. The van der Waals surface area contributed by atoms with Crippen LogP contribution in [0.5, 0.6) is 0 Å². The topological polar surface area (TPSA) is 29.1 Å². The average Bonchev–Trinajstić information content (AvgIpc) is 2.47. The number of aryl methyl sites for hydroxylation is 1. The van der Waals surface area contributed by atoms with E-state index in [2.05, 4.69) is 24.9 Å². The number of carbonyl (C=O) groups excluding carboxylic acids is 1. The standard InChI is InChI=1S/C16H16FNOS/c1-2-11-5-3-4-6-13(11)10-18-16(19)12-7-8-14(17)15(20)9-12/h3-9,20H,2,10H2,1H3,(H,18,19). The van der Waals surface area contributed by atoms with Crippen molar-refractivity contribution in [1.82, 2.24) is 5.32 Å². The minimum Gasteiger partial charge on any atom is -0.348 e. The van der Waals surface area contributed by atoms with Crippen molar-refractivity contribution in [1.29, 1.82) is 0 Å². The van der Waals surface area contributed by atoms with Crippen LogP contribution in [0.4, 0.5) is 4.39 Å². The molecule has 4 heteroatoms. The molecule has 1 amide bonds. The second-order valence-electron chi connectivity index (χ2n) is 4.47. The first kappa shape index (κ1) is 14.6. The van der Waals surface area contributed by atoms with Gasteiger partial charge in [0.15, 0.2) is 0 Å². The molecular weight excluding hydrogens is 273 g/mol. The molecule has 1 N–H and O–H groups in total. The predicted molar refractivity (Wildman–Crippen MR) is 80.6 cm³/mol. The monoisotopic (exact) mass is 289 g/mol. The summed E-state index contributed by atoms with van der Waals surface area (Å²) in [5.41, 5.74) is 2.71. The normalized spacial score (nSPS) is 10.3. The highest BCUT2D eigenvalue weighted by Gasteiger charge is 2.08. The third-order valence-corrected chi connectivity index (χ3v) is 3.49. The Morgan fingerprint density at radius 1 is 1.20 bits per heavy atom. The smallest absolute Gasteiger partial charge is 0.251 e. The molecule has 2 nitrogen and oxygen atoms in total. The van der Waals surface area contributed by atoms with Crippen molar-refractivity contribution in [2.45, 2.75) is 24.8 Å². The first-order chi connectivity index (χ1) is 9.61. The van der Waals surface area contributed by atoms with Gasteiger partial charge in [0.25, 0.3) is 5.91 Å². The van der Waals surface area contributed by atoms with Crippen molar-refractivity contribution in [3.05, 3.63) is 65.0 Å². The highest BCUT2D eigenvalue weighted by molar-refractivity contribution is 7.80. The Bertz CT molecular complexity index is 628. The first-order valence-corrected chi connectivity index (χ1v) is 6.90. The summed E-state index contributed by atoms with van der Waals surface area (Å²) < 4.78 is 13.1. The summed E-state index contributed by atoms with van der Waals surface area (Å²) in [6.45, 7) is 2.54. The Balaban J connectivity index is 2.06.